The molecule has 0 bridgehead atoms. The van der Waals surface area contributed by atoms with Crippen LogP contribution in [0.4, 0.5) is 0 Å². The maximum Gasteiger partial charge on any atom is 0.139 e. The molecule has 0 atom stereocenters. The average molecular weight is 211 g/mol. The first-order valence-electron chi connectivity index (χ1n) is 2.84. The van der Waals surface area contributed by atoms with Gasteiger partial charge in [-0.3, -0.25) is 0 Å². The molecular formula is C7H5Cl3O. The molecule has 0 saturated heterocycles. The molecule has 11 heavy (non-hydrogen) atoms. The zero-order valence-electron chi connectivity index (χ0n) is 5.70. The number of ether oxygens (including phenoxy) is 1. The summed E-state index contributed by atoms with van der Waals surface area (Å²) in [5.41, 5.74) is 0. The van der Waals surface area contributed by atoms with Crippen LogP contribution in [-0.2, 0) is 0 Å². The van der Waals surface area contributed by atoms with Crippen LogP contribution in [0.1, 0.15) is 0 Å². The van der Waals surface area contributed by atoms with Gasteiger partial charge in [-0.1, -0.05) is 34.8 Å². The van der Waals surface area contributed by atoms with Crippen molar-refractivity contribution in [3.63, 3.8) is 0 Å². The van der Waals surface area contributed by atoms with E-state index in [4.69, 9.17) is 39.5 Å². The normalized spacial score (nSPS) is 9.82. The van der Waals surface area contributed by atoms with E-state index in [-0.39, 0.29) is 0 Å². The third-order valence-electron chi connectivity index (χ3n) is 1.22. The number of hydrogen-bond donors (Lipinski definition) is 0. The fourth-order valence-electron chi connectivity index (χ4n) is 0.666. The molecule has 0 heterocycles. The Morgan fingerprint density at radius 2 is 1.73 bits per heavy atom. The van der Waals surface area contributed by atoms with Crippen molar-refractivity contribution in [1.29, 1.82) is 0 Å². The number of halogens is 3. The van der Waals surface area contributed by atoms with Crippen molar-refractivity contribution >= 4 is 34.8 Å². The van der Waals surface area contributed by atoms with E-state index in [0.29, 0.717) is 20.8 Å². The van der Waals surface area contributed by atoms with Gasteiger partial charge in [-0.2, -0.15) is 0 Å². The SMILES string of the molecule is COc1ccc(Cl)c(Cl)c1Cl. The van der Waals surface area contributed by atoms with Crippen molar-refractivity contribution in [2.24, 2.45) is 0 Å². The molecule has 1 aromatic rings. The van der Waals surface area contributed by atoms with Crippen molar-refractivity contribution in [1.82, 2.24) is 0 Å². The van der Waals surface area contributed by atoms with Gasteiger partial charge in [0.15, 0.2) is 0 Å². The van der Waals surface area contributed by atoms with Gasteiger partial charge in [0.25, 0.3) is 0 Å². The summed E-state index contributed by atoms with van der Waals surface area (Å²) in [6.07, 6.45) is 0. The summed E-state index contributed by atoms with van der Waals surface area (Å²) in [5.74, 6) is 0.529. The molecule has 1 aromatic carbocycles. The molecule has 0 aromatic heterocycles. The molecule has 0 fully saturated rings. The van der Waals surface area contributed by atoms with E-state index in [1.165, 1.54) is 7.11 Å². The number of hydrogen-bond acceptors (Lipinski definition) is 1. The lowest BCUT2D eigenvalue weighted by Crippen LogP contribution is -1.84. The first-order chi connectivity index (χ1) is 5.16. The molecule has 0 aliphatic heterocycles. The third-order valence-corrected chi connectivity index (χ3v) is 2.50. The van der Waals surface area contributed by atoms with Crippen LogP contribution in [0, 0.1) is 0 Å². The van der Waals surface area contributed by atoms with E-state index >= 15 is 0 Å². The van der Waals surface area contributed by atoms with Gasteiger partial charge >= 0.3 is 0 Å². The van der Waals surface area contributed by atoms with Crippen molar-refractivity contribution in [2.45, 2.75) is 0 Å². The lowest BCUT2D eigenvalue weighted by atomic mass is 10.3. The first kappa shape index (κ1) is 8.98. The van der Waals surface area contributed by atoms with E-state index in [2.05, 4.69) is 0 Å². The molecule has 0 radical (unpaired) electrons. The molecule has 0 unspecified atom stereocenters. The number of rotatable bonds is 1. The van der Waals surface area contributed by atoms with Crippen LogP contribution >= 0.6 is 34.8 Å². The zero-order valence-corrected chi connectivity index (χ0v) is 7.96. The lowest BCUT2D eigenvalue weighted by molar-refractivity contribution is 0.415. The Balaban J connectivity index is 3.25. The Labute approximate surface area is 79.8 Å². The van der Waals surface area contributed by atoms with Crippen LogP contribution in [-0.4, -0.2) is 7.11 Å². The molecule has 1 rings (SSSR count). The summed E-state index contributed by atoms with van der Waals surface area (Å²) in [7, 11) is 1.52. The van der Waals surface area contributed by atoms with E-state index in [1.807, 2.05) is 0 Å². The summed E-state index contributed by atoms with van der Waals surface area (Å²) in [6.45, 7) is 0. The van der Waals surface area contributed by atoms with Gasteiger partial charge in [0.2, 0.25) is 0 Å². The van der Waals surface area contributed by atoms with Gasteiger partial charge in [-0.15, -0.1) is 0 Å². The van der Waals surface area contributed by atoms with Gasteiger partial charge in [-0.05, 0) is 12.1 Å². The van der Waals surface area contributed by atoms with Crippen molar-refractivity contribution in [3.8, 4) is 5.75 Å². The van der Waals surface area contributed by atoms with Gasteiger partial charge < -0.3 is 4.74 Å². The average Bonchev–Trinajstić information content (AvgIpc) is 2.01. The van der Waals surface area contributed by atoms with E-state index in [1.54, 1.807) is 12.1 Å². The fourth-order valence-corrected chi connectivity index (χ4v) is 1.27. The monoisotopic (exact) mass is 210 g/mol. The molecule has 1 nitrogen and oxygen atoms in total. The van der Waals surface area contributed by atoms with Crippen LogP contribution in [0.25, 0.3) is 0 Å². The fraction of sp³-hybridized carbons (Fsp3) is 0.143. The molecule has 60 valence electrons. The number of methoxy groups -OCH3 is 1. The van der Waals surface area contributed by atoms with Gasteiger partial charge in [-0.25, -0.2) is 0 Å². The van der Waals surface area contributed by atoms with Crippen LogP contribution in [0.2, 0.25) is 15.1 Å². The quantitative estimate of drug-likeness (QED) is 0.644. The molecule has 0 N–H and O–H groups in total. The Kier molecular flexibility index (Phi) is 2.88. The Bertz CT molecular complexity index is 273. The number of benzene rings is 1. The summed E-state index contributed by atoms with van der Waals surface area (Å²) < 4.78 is 4.91. The summed E-state index contributed by atoms with van der Waals surface area (Å²) >= 11 is 17.1. The predicted octanol–water partition coefficient (Wildman–Crippen LogP) is 3.66. The maximum absolute atomic E-state index is 5.76. The second kappa shape index (κ2) is 3.53. The van der Waals surface area contributed by atoms with Crippen molar-refractivity contribution in [3.05, 3.63) is 27.2 Å². The molecule has 0 aliphatic rings. The molecule has 0 aliphatic carbocycles. The molecular weight excluding hydrogens is 206 g/mol. The Hall–Kier alpha value is -0.110. The highest BCUT2D eigenvalue weighted by Gasteiger charge is 2.07. The highest BCUT2D eigenvalue weighted by Crippen LogP contribution is 2.36. The van der Waals surface area contributed by atoms with Crippen LogP contribution < -0.4 is 4.74 Å². The largest absolute Gasteiger partial charge is 0.495 e. The van der Waals surface area contributed by atoms with E-state index in [9.17, 15) is 0 Å². The third kappa shape index (κ3) is 1.73. The zero-order chi connectivity index (χ0) is 8.43. The molecule has 0 spiro atoms. The van der Waals surface area contributed by atoms with E-state index < -0.39 is 0 Å². The maximum atomic E-state index is 5.76. The van der Waals surface area contributed by atoms with Crippen molar-refractivity contribution < 1.29 is 4.74 Å². The first-order valence-corrected chi connectivity index (χ1v) is 3.97. The highest BCUT2D eigenvalue weighted by molar-refractivity contribution is 6.48. The molecule has 0 amide bonds. The standard InChI is InChI=1S/C7H5Cl3O/c1-11-5-3-2-4(8)6(9)7(5)10/h2-3H,1H3. The van der Waals surface area contributed by atoms with Gasteiger partial charge in [0, 0.05) is 0 Å². The molecule has 0 saturated carbocycles. The lowest BCUT2D eigenvalue weighted by Gasteiger charge is -2.04. The summed E-state index contributed by atoms with van der Waals surface area (Å²) in [6, 6.07) is 3.30. The Morgan fingerprint density at radius 1 is 1.09 bits per heavy atom. The predicted molar refractivity (Wildman–Crippen MR) is 48.0 cm³/mol. The van der Waals surface area contributed by atoms with Crippen LogP contribution in [0.15, 0.2) is 12.1 Å². The minimum absolute atomic E-state index is 0.327. The van der Waals surface area contributed by atoms with E-state index in [0.717, 1.165) is 0 Å². The minimum atomic E-state index is 0.327. The van der Waals surface area contributed by atoms with Crippen molar-refractivity contribution in [2.75, 3.05) is 7.11 Å². The highest BCUT2D eigenvalue weighted by atomic mass is 35.5. The molecule has 4 heteroatoms. The topological polar surface area (TPSA) is 9.23 Å². The summed E-state index contributed by atoms with van der Waals surface area (Å²) in [5, 5.41) is 1.10. The smallest absolute Gasteiger partial charge is 0.139 e. The van der Waals surface area contributed by atoms with Gasteiger partial charge in [0.1, 0.15) is 10.8 Å². The summed E-state index contributed by atoms with van der Waals surface area (Å²) in [4.78, 5) is 0. The minimum Gasteiger partial charge on any atom is -0.495 e. The Morgan fingerprint density at radius 3 is 2.27 bits per heavy atom. The second-order valence-electron chi connectivity index (χ2n) is 1.88. The second-order valence-corrected chi connectivity index (χ2v) is 3.04. The van der Waals surface area contributed by atoms with Crippen LogP contribution in [0.3, 0.4) is 0 Å². The van der Waals surface area contributed by atoms with Gasteiger partial charge in [0.05, 0.1) is 17.2 Å². The van der Waals surface area contributed by atoms with Crippen LogP contribution in [0.5, 0.6) is 5.75 Å².